The molecule has 2 rings (SSSR count). The second kappa shape index (κ2) is 5.87. The summed E-state index contributed by atoms with van der Waals surface area (Å²) < 4.78 is 1.50. The van der Waals surface area contributed by atoms with Crippen LogP contribution in [0.15, 0.2) is 41.7 Å². The highest BCUT2D eigenvalue weighted by Crippen LogP contribution is 2.05. The number of rotatable bonds is 4. The lowest BCUT2D eigenvalue weighted by Gasteiger charge is -2.07. The molecule has 0 aliphatic heterocycles. The monoisotopic (exact) mass is 273 g/mol. The van der Waals surface area contributed by atoms with E-state index in [1.807, 2.05) is 6.07 Å². The van der Waals surface area contributed by atoms with E-state index in [9.17, 15) is 4.79 Å². The summed E-state index contributed by atoms with van der Waals surface area (Å²) in [5.41, 5.74) is 7.45. The van der Waals surface area contributed by atoms with E-state index in [1.54, 1.807) is 37.5 Å². The minimum Gasteiger partial charge on any atom is -0.409 e. The summed E-state index contributed by atoms with van der Waals surface area (Å²) in [5, 5.41) is 18.3. The van der Waals surface area contributed by atoms with Crippen LogP contribution in [0, 0.1) is 0 Å². The number of oxime groups is 1. The van der Waals surface area contributed by atoms with E-state index >= 15 is 0 Å². The fraction of sp³-hybridized carbons (Fsp3) is 0.154. The number of carbonyl (C=O) groups is 1. The van der Waals surface area contributed by atoms with Crippen LogP contribution < -0.4 is 11.1 Å². The Kier molecular flexibility index (Phi) is 3.99. The molecule has 0 aliphatic carbocycles. The van der Waals surface area contributed by atoms with E-state index < -0.39 is 0 Å². The SMILES string of the molecule is Cn1nccc1C(=O)NCc1cccc(C(N)=NO)c1. The summed E-state index contributed by atoms with van der Waals surface area (Å²) >= 11 is 0. The van der Waals surface area contributed by atoms with Crippen molar-refractivity contribution in [2.75, 3.05) is 0 Å². The van der Waals surface area contributed by atoms with E-state index in [-0.39, 0.29) is 11.7 Å². The molecule has 0 unspecified atom stereocenters. The average Bonchev–Trinajstić information content (AvgIpc) is 2.90. The van der Waals surface area contributed by atoms with Gasteiger partial charge in [-0.15, -0.1) is 0 Å². The van der Waals surface area contributed by atoms with E-state index in [4.69, 9.17) is 10.9 Å². The van der Waals surface area contributed by atoms with Gasteiger partial charge in [0, 0.05) is 25.4 Å². The summed E-state index contributed by atoms with van der Waals surface area (Å²) in [5.74, 6) is -0.177. The normalized spacial score (nSPS) is 11.3. The maximum absolute atomic E-state index is 11.9. The van der Waals surface area contributed by atoms with Crippen LogP contribution in [0.1, 0.15) is 21.6 Å². The third-order valence-electron chi connectivity index (χ3n) is 2.84. The van der Waals surface area contributed by atoms with Crippen molar-refractivity contribution < 1.29 is 10.0 Å². The van der Waals surface area contributed by atoms with Gasteiger partial charge in [-0.3, -0.25) is 9.48 Å². The molecule has 1 amide bonds. The first-order valence-corrected chi connectivity index (χ1v) is 5.95. The lowest BCUT2D eigenvalue weighted by atomic mass is 10.1. The molecule has 4 N–H and O–H groups in total. The van der Waals surface area contributed by atoms with Gasteiger partial charge >= 0.3 is 0 Å². The zero-order valence-electron chi connectivity index (χ0n) is 10.9. The van der Waals surface area contributed by atoms with Crippen LogP contribution in [0.25, 0.3) is 0 Å². The van der Waals surface area contributed by atoms with Crippen LogP contribution in [0.4, 0.5) is 0 Å². The van der Waals surface area contributed by atoms with Gasteiger partial charge in [-0.25, -0.2) is 0 Å². The van der Waals surface area contributed by atoms with Crippen molar-refractivity contribution in [1.82, 2.24) is 15.1 Å². The highest BCUT2D eigenvalue weighted by atomic mass is 16.4. The molecule has 0 radical (unpaired) electrons. The quantitative estimate of drug-likeness (QED) is 0.325. The van der Waals surface area contributed by atoms with E-state index in [0.717, 1.165) is 5.56 Å². The van der Waals surface area contributed by atoms with Gasteiger partial charge < -0.3 is 16.3 Å². The van der Waals surface area contributed by atoms with Crippen LogP contribution in [0.5, 0.6) is 0 Å². The minimum atomic E-state index is -0.209. The second-order valence-corrected chi connectivity index (χ2v) is 4.21. The number of aryl methyl sites for hydroxylation is 1. The topological polar surface area (TPSA) is 106 Å². The molecule has 7 heteroatoms. The summed E-state index contributed by atoms with van der Waals surface area (Å²) in [4.78, 5) is 11.9. The summed E-state index contributed by atoms with van der Waals surface area (Å²) in [6.07, 6.45) is 1.56. The molecule has 1 aromatic carbocycles. The second-order valence-electron chi connectivity index (χ2n) is 4.21. The Hall–Kier alpha value is -2.83. The molecule has 0 aliphatic rings. The molecule has 0 saturated carbocycles. The number of nitrogens with zero attached hydrogens (tertiary/aromatic N) is 3. The first kappa shape index (κ1) is 13.6. The summed E-state index contributed by atoms with van der Waals surface area (Å²) in [6, 6.07) is 8.73. The molecule has 0 bridgehead atoms. The van der Waals surface area contributed by atoms with Crippen molar-refractivity contribution in [3.05, 3.63) is 53.3 Å². The Bertz CT molecular complexity index is 648. The van der Waals surface area contributed by atoms with Crippen LogP contribution >= 0.6 is 0 Å². The number of nitrogens with two attached hydrogens (primary N) is 1. The van der Waals surface area contributed by atoms with Crippen LogP contribution in [0.2, 0.25) is 0 Å². The first-order valence-electron chi connectivity index (χ1n) is 5.95. The van der Waals surface area contributed by atoms with Crippen molar-refractivity contribution in [1.29, 1.82) is 0 Å². The molecule has 0 atom stereocenters. The van der Waals surface area contributed by atoms with Crippen molar-refractivity contribution in [2.24, 2.45) is 17.9 Å². The van der Waals surface area contributed by atoms with Gasteiger partial charge in [0.25, 0.3) is 5.91 Å². The number of amides is 1. The fourth-order valence-electron chi connectivity index (χ4n) is 1.77. The van der Waals surface area contributed by atoms with Crippen molar-refractivity contribution in [3.63, 3.8) is 0 Å². The lowest BCUT2D eigenvalue weighted by Crippen LogP contribution is -2.25. The zero-order valence-corrected chi connectivity index (χ0v) is 10.9. The van der Waals surface area contributed by atoms with Crippen LogP contribution in [0.3, 0.4) is 0 Å². The molecular weight excluding hydrogens is 258 g/mol. The predicted molar refractivity (Wildman–Crippen MR) is 73.3 cm³/mol. The molecule has 1 aromatic heterocycles. The van der Waals surface area contributed by atoms with Gasteiger partial charge in [0.1, 0.15) is 5.69 Å². The molecule has 0 fully saturated rings. The number of hydrogen-bond donors (Lipinski definition) is 3. The maximum atomic E-state index is 11.9. The van der Waals surface area contributed by atoms with E-state index in [1.165, 1.54) is 4.68 Å². The maximum Gasteiger partial charge on any atom is 0.269 e. The Morgan fingerprint density at radius 2 is 2.30 bits per heavy atom. The standard InChI is InChI=1S/C13H15N5O2/c1-18-11(5-6-16-18)13(19)15-8-9-3-2-4-10(7-9)12(14)17-20/h2-7,20H,8H2,1H3,(H2,14,17)(H,15,19). The summed E-state index contributed by atoms with van der Waals surface area (Å²) in [7, 11) is 1.70. The van der Waals surface area contributed by atoms with Crippen LogP contribution in [-0.4, -0.2) is 26.7 Å². The Morgan fingerprint density at radius 3 is 2.95 bits per heavy atom. The Labute approximate surface area is 115 Å². The molecule has 1 heterocycles. The Morgan fingerprint density at radius 1 is 1.50 bits per heavy atom. The summed E-state index contributed by atoms with van der Waals surface area (Å²) in [6.45, 7) is 0.344. The van der Waals surface area contributed by atoms with Gasteiger partial charge in [-0.1, -0.05) is 23.4 Å². The van der Waals surface area contributed by atoms with Crippen molar-refractivity contribution in [3.8, 4) is 0 Å². The highest BCUT2D eigenvalue weighted by molar-refractivity contribution is 5.97. The van der Waals surface area contributed by atoms with Crippen LogP contribution in [-0.2, 0) is 13.6 Å². The van der Waals surface area contributed by atoms with Gasteiger partial charge in [-0.05, 0) is 17.7 Å². The highest BCUT2D eigenvalue weighted by Gasteiger charge is 2.09. The number of nitrogens with one attached hydrogen (secondary N) is 1. The number of aromatic nitrogens is 2. The van der Waals surface area contributed by atoms with E-state index in [2.05, 4.69) is 15.6 Å². The van der Waals surface area contributed by atoms with Crippen molar-refractivity contribution in [2.45, 2.75) is 6.54 Å². The number of amidine groups is 1. The number of benzene rings is 1. The van der Waals surface area contributed by atoms with Gasteiger partial charge in [0.15, 0.2) is 5.84 Å². The third kappa shape index (κ3) is 2.94. The predicted octanol–water partition coefficient (Wildman–Crippen LogP) is 0.445. The number of hydrogen-bond acceptors (Lipinski definition) is 4. The molecule has 104 valence electrons. The van der Waals surface area contributed by atoms with Gasteiger partial charge in [0.2, 0.25) is 0 Å². The van der Waals surface area contributed by atoms with Gasteiger partial charge in [-0.2, -0.15) is 5.10 Å². The molecule has 2 aromatic rings. The smallest absolute Gasteiger partial charge is 0.269 e. The third-order valence-corrected chi connectivity index (χ3v) is 2.84. The molecule has 20 heavy (non-hydrogen) atoms. The zero-order chi connectivity index (χ0) is 14.5. The molecule has 0 spiro atoms. The van der Waals surface area contributed by atoms with Crippen molar-refractivity contribution >= 4 is 11.7 Å². The average molecular weight is 273 g/mol. The molecule has 0 saturated heterocycles. The fourth-order valence-corrected chi connectivity index (χ4v) is 1.77. The number of carbonyl (C=O) groups excluding carboxylic acids is 1. The largest absolute Gasteiger partial charge is 0.409 e. The lowest BCUT2D eigenvalue weighted by molar-refractivity contribution is 0.0941. The van der Waals surface area contributed by atoms with E-state index in [0.29, 0.717) is 17.8 Å². The molecular formula is C13H15N5O2. The first-order chi connectivity index (χ1) is 9.61. The van der Waals surface area contributed by atoms with Gasteiger partial charge in [0.05, 0.1) is 0 Å². The molecule has 7 nitrogen and oxygen atoms in total. The Balaban J connectivity index is 2.05. The minimum absolute atomic E-state index is 0.0322.